The molecule has 2 aliphatic heterocycles. The minimum Gasteiger partial charge on any atom is -0.352 e. The van der Waals surface area contributed by atoms with Crippen molar-refractivity contribution in [2.45, 2.75) is 18.9 Å². The van der Waals surface area contributed by atoms with E-state index in [1.54, 1.807) is 18.2 Å². The number of amides is 2. The quantitative estimate of drug-likeness (QED) is 0.568. The van der Waals surface area contributed by atoms with Crippen molar-refractivity contribution in [3.63, 3.8) is 0 Å². The Morgan fingerprint density at radius 2 is 2.15 bits per heavy atom. The first kappa shape index (κ1) is 20.0. The molecule has 0 aliphatic carbocycles. The van der Waals surface area contributed by atoms with Crippen LogP contribution in [-0.4, -0.2) is 53.5 Å². The minimum absolute atomic E-state index is 0.00989. The van der Waals surface area contributed by atoms with E-state index in [-0.39, 0.29) is 47.9 Å². The van der Waals surface area contributed by atoms with Gasteiger partial charge in [-0.15, -0.1) is 0 Å². The van der Waals surface area contributed by atoms with Crippen LogP contribution in [0.15, 0.2) is 29.2 Å². The zero-order valence-electron chi connectivity index (χ0n) is 14.2. The molecule has 1 aromatic carbocycles. The van der Waals surface area contributed by atoms with Crippen LogP contribution in [-0.2, 0) is 19.4 Å². The number of thioether (sulfide) groups is 1. The molecule has 0 radical (unpaired) electrons. The number of nitrogens with zero attached hydrogens (tertiary/aromatic N) is 1. The van der Waals surface area contributed by atoms with Gasteiger partial charge in [-0.2, -0.15) is 0 Å². The van der Waals surface area contributed by atoms with Crippen LogP contribution in [0.5, 0.6) is 0 Å². The van der Waals surface area contributed by atoms with Gasteiger partial charge in [0.2, 0.25) is 5.91 Å². The molecular weight excluding hydrogens is 411 g/mol. The second-order valence-corrected chi connectivity index (χ2v) is 10.2. The van der Waals surface area contributed by atoms with Crippen LogP contribution in [0, 0.1) is 5.82 Å². The standard InChI is InChI=1S/C17H17FN2O4S3/c18-13-4-2-1-3-11(13)9-14-16(22)20(17(25)26-14)7-5-15(21)19-12-6-8-27(23,24)10-12/h1-4,9,12H,5-8,10H2,(H,19,21)/b14-9-/t12-/m1/s1. The highest BCUT2D eigenvalue weighted by atomic mass is 32.2. The lowest BCUT2D eigenvalue weighted by Crippen LogP contribution is -2.38. The van der Waals surface area contributed by atoms with Crippen LogP contribution in [0.25, 0.3) is 6.08 Å². The van der Waals surface area contributed by atoms with Crippen molar-refractivity contribution in [1.29, 1.82) is 0 Å². The molecule has 2 fully saturated rings. The first-order valence-electron chi connectivity index (χ1n) is 8.25. The Bertz CT molecular complexity index is 930. The molecule has 2 aliphatic rings. The SMILES string of the molecule is O=C(CCN1C(=O)/C(=C/c2ccccc2F)SC1=S)N[C@@H]1CCS(=O)(=O)C1. The Hall–Kier alpha value is -1.78. The molecule has 3 rings (SSSR count). The number of thiocarbonyl (C=S) groups is 1. The third kappa shape index (κ3) is 4.94. The Kier molecular flexibility index (Phi) is 5.97. The molecule has 0 unspecified atom stereocenters. The highest BCUT2D eigenvalue weighted by Crippen LogP contribution is 2.33. The van der Waals surface area contributed by atoms with Crippen LogP contribution >= 0.6 is 24.0 Å². The summed E-state index contributed by atoms with van der Waals surface area (Å²) in [6.07, 6.45) is 1.86. The van der Waals surface area contributed by atoms with Gasteiger partial charge in [-0.3, -0.25) is 14.5 Å². The van der Waals surface area contributed by atoms with Gasteiger partial charge in [0.05, 0.1) is 16.4 Å². The summed E-state index contributed by atoms with van der Waals surface area (Å²) in [7, 11) is -3.07. The fourth-order valence-corrected chi connectivity index (χ4v) is 5.82. The van der Waals surface area contributed by atoms with Crippen molar-refractivity contribution < 1.29 is 22.4 Å². The monoisotopic (exact) mass is 428 g/mol. The minimum atomic E-state index is -3.07. The summed E-state index contributed by atoms with van der Waals surface area (Å²) >= 11 is 6.25. The summed E-state index contributed by atoms with van der Waals surface area (Å²) in [5, 5.41) is 2.68. The topological polar surface area (TPSA) is 83.6 Å². The summed E-state index contributed by atoms with van der Waals surface area (Å²) in [6, 6.07) is 5.72. The molecule has 10 heteroatoms. The summed E-state index contributed by atoms with van der Waals surface area (Å²) in [5.74, 6) is -1.11. The first-order valence-corrected chi connectivity index (χ1v) is 11.3. The molecule has 1 atom stereocenters. The van der Waals surface area contributed by atoms with Gasteiger partial charge in [0.25, 0.3) is 5.91 Å². The lowest BCUT2D eigenvalue weighted by molar-refractivity contribution is -0.124. The van der Waals surface area contributed by atoms with Gasteiger partial charge in [-0.1, -0.05) is 42.2 Å². The number of sulfone groups is 1. The molecule has 0 aromatic heterocycles. The Balaban J connectivity index is 1.58. The summed E-state index contributed by atoms with van der Waals surface area (Å²) in [6.45, 7) is 0.0879. The van der Waals surface area contributed by atoms with Gasteiger partial charge in [-0.05, 0) is 18.6 Å². The summed E-state index contributed by atoms with van der Waals surface area (Å²) in [5.41, 5.74) is 0.290. The van der Waals surface area contributed by atoms with Crippen molar-refractivity contribution in [2.75, 3.05) is 18.1 Å². The summed E-state index contributed by atoms with van der Waals surface area (Å²) in [4.78, 5) is 26.1. The average Bonchev–Trinajstić information content (AvgIpc) is 3.07. The second-order valence-electron chi connectivity index (χ2n) is 6.27. The maximum Gasteiger partial charge on any atom is 0.266 e. The van der Waals surface area contributed by atoms with Crippen molar-refractivity contribution >= 4 is 56.0 Å². The normalized spacial score (nSPS) is 23.2. The van der Waals surface area contributed by atoms with E-state index in [4.69, 9.17) is 12.2 Å². The van der Waals surface area contributed by atoms with E-state index in [9.17, 15) is 22.4 Å². The Labute approximate surface area is 166 Å². The highest BCUT2D eigenvalue weighted by Gasteiger charge is 2.33. The molecule has 0 saturated carbocycles. The maximum absolute atomic E-state index is 13.8. The third-order valence-corrected chi connectivity index (χ3v) is 7.37. The zero-order chi connectivity index (χ0) is 19.6. The number of carbonyl (C=O) groups excluding carboxylic acids is 2. The molecule has 0 bridgehead atoms. The number of rotatable bonds is 5. The number of hydrogen-bond acceptors (Lipinski definition) is 6. The van der Waals surface area contributed by atoms with Gasteiger partial charge in [0, 0.05) is 24.6 Å². The highest BCUT2D eigenvalue weighted by molar-refractivity contribution is 8.26. The van der Waals surface area contributed by atoms with Crippen LogP contribution in [0.1, 0.15) is 18.4 Å². The fourth-order valence-electron chi connectivity index (χ4n) is 2.85. The van der Waals surface area contributed by atoms with E-state index >= 15 is 0 Å². The van der Waals surface area contributed by atoms with Gasteiger partial charge in [0.1, 0.15) is 10.1 Å². The van der Waals surface area contributed by atoms with Gasteiger partial charge < -0.3 is 5.32 Å². The molecule has 1 N–H and O–H groups in total. The maximum atomic E-state index is 13.8. The number of halogens is 1. The Morgan fingerprint density at radius 1 is 1.41 bits per heavy atom. The van der Waals surface area contributed by atoms with Crippen LogP contribution in [0.3, 0.4) is 0 Å². The Morgan fingerprint density at radius 3 is 2.81 bits per heavy atom. The average molecular weight is 429 g/mol. The number of hydrogen-bond donors (Lipinski definition) is 1. The van der Waals surface area contributed by atoms with E-state index in [0.717, 1.165) is 11.8 Å². The van der Waals surface area contributed by atoms with Gasteiger partial charge >= 0.3 is 0 Å². The van der Waals surface area contributed by atoms with E-state index in [1.807, 2.05) is 0 Å². The molecule has 144 valence electrons. The van der Waals surface area contributed by atoms with E-state index < -0.39 is 15.7 Å². The lowest BCUT2D eigenvalue weighted by Gasteiger charge is -2.15. The van der Waals surface area contributed by atoms with Crippen molar-refractivity contribution in [3.8, 4) is 0 Å². The van der Waals surface area contributed by atoms with E-state index in [1.165, 1.54) is 17.0 Å². The van der Waals surface area contributed by atoms with E-state index in [2.05, 4.69) is 5.32 Å². The molecule has 27 heavy (non-hydrogen) atoms. The summed E-state index contributed by atoms with van der Waals surface area (Å²) < 4.78 is 36.9. The molecule has 0 spiro atoms. The molecule has 2 saturated heterocycles. The molecule has 2 amide bonds. The van der Waals surface area contributed by atoms with Gasteiger partial charge in [-0.25, -0.2) is 12.8 Å². The molecule has 2 heterocycles. The first-order chi connectivity index (χ1) is 12.7. The number of benzene rings is 1. The van der Waals surface area contributed by atoms with Crippen molar-refractivity contribution in [2.24, 2.45) is 0 Å². The lowest BCUT2D eigenvalue weighted by atomic mass is 10.2. The largest absolute Gasteiger partial charge is 0.352 e. The van der Waals surface area contributed by atoms with E-state index in [0.29, 0.717) is 15.6 Å². The van der Waals surface area contributed by atoms with Crippen molar-refractivity contribution in [1.82, 2.24) is 10.2 Å². The fraction of sp³-hybridized carbons (Fsp3) is 0.353. The van der Waals surface area contributed by atoms with Crippen LogP contribution < -0.4 is 5.32 Å². The zero-order valence-corrected chi connectivity index (χ0v) is 16.6. The number of carbonyl (C=O) groups is 2. The van der Waals surface area contributed by atoms with Crippen molar-refractivity contribution in [3.05, 3.63) is 40.6 Å². The smallest absolute Gasteiger partial charge is 0.266 e. The predicted octanol–water partition coefficient (Wildman–Crippen LogP) is 1.72. The molecule has 6 nitrogen and oxygen atoms in total. The van der Waals surface area contributed by atoms with Gasteiger partial charge in [0.15, 0.2) is 9.84 Å². The molecule has 1 aromatic rings. The third-order valence-electron chi connectivity index (χ3n) is 4.23. The second kappa shape index (κ2) is 8.07. The number of nitrogens with one attached hydrogen (secondary N) is 1. The molecular formula is C17H17FN2O4S3. The predicted molar refractivity (Wildman–Crippen MR) is 106 cm³/mol. The van der Waals surface area contributed by atoms with Crippen LogP contribution in [0.4, 0.5) is 4.39 Å². The van der Waals surface area contributed by atoms with Crippen LogP contribution in [0.2, 0.25) is 0 Å².